The van der Waals surface area contributed by atoms with E-state index in [1.54, 1.807) is 4.90 Å². The van der Waals surface area contributed by atoms with Gasteiger partial charge in [0.05, 0.1) is 25.0 Å². The number of sulfone groups is 1. The van der Waals surface area contributed by atoms with Crippen LogP contribution >= 0.6 is 0 Å². The van der Waals surface area contributed by atoms with E-state index in [1.165, 1.54) is 6.26 Å². The summed E-state index contributed by atoms with van der Waals surface area (Å²) in [6.45, 7) is 2.24. The number of likely N-dealkylation sites (tertiary alicyclic amines) is 1. The maximum absolute atomic E-state index is 12.0. The molecule has 6 nitrogen and oxygen atoms in total. The molecule has 18 heavy (non-hydrogen) atoms. The summed E-state index contributed by atoms with van der Waals surface area (Å²) in [5.41, 5.74) is 0. The third-order valence-electron chi connectivity index (χ3n) is 3.55. The summed E-state index contributed by atoms with van der Waals surface area (Å²) in [5, 5.41) is 2.67. The molecule has 1 N–H and O–H groups in total. The molecule has 0 aromatic carbocycles. The van der Waals surface area contributed by atoms with E-state index in [4.69, 9.17) is 4.74 Å². The Kier molecular flexibility index (Phi) is 4.11. The monoisotopic (exact) mass is 276 g/mol. The average molecular weight is 276 g/mol. The van der Waals surface area contributed by atoms with E-state index in [2.05, 4.69) is 5.32 Å². The van der Waals surface area contributed by atoms with Gasteiger partial charge in [0, 0.05) is 25.3 Å². The third-order valence-corrected chi connectivity index (χ3v) is 4.49. The highest BCUT2D eigenvalue weighted by atomic mass is 32.2. The lowest BCUT2D eigenvalue weighted by Crippen LogP contribution is -2.52. The fraction of sp³-hybridized carbons (Fsp3) is 0.909. The zero-order valence-corrected chi connectivity index (χ0v) is 11.4. The minimum absolute atomic E-state index is 0.0167. The van der Waals surface area contributed by atoms with Crippen LogP contribution in [0.1, 0.15) is 12.8 Å². The Bertz CT molecular complexity index is 409. The molecule has 0 aromatic heterocycles. The Morgan fingerprint density at radius 2 is 2.22 bits per heavy atom. The van der Waals surface area contributed by atoms with E-state index in [0.29, 0.717) is 12.5 Å². The minimum atomic E-state index is -3.03. The standard InChI is InChI=1S/C11H20N2O4S/c1-18(15,16)6-4-12-11(14)13-5-2-3-9-7-17-8-10(9)13/h9-10H,2-8H2,1H3,(H,12,14)/t9-,10+/m0/s1. The molecule has 0 saturated carbocycles. The van der Waals surface area contributed by atoms with Crippen LogP contribution in [-0.2, 0) is 14.6 Å². The first kappa shape index (κ1) is 13.6. The van der Waals surface area contributed by atoms with Gasteiger partial charge >= 0.3 is 6.03 Å². The molecule has 0 radical (unpaired) electrons. The number of amides is 2. The number of piperidine rings is 1. The molecule has 2 saturated heterocycles. The molecule has 2 heterocycles. The van der Waals surface area contributed by atoms with Gasteiger partial charge in [0.15, 0.2) is 0 Å². The predicted octanol–water partition coefficient (Wildman–Crippen LogP) is -0.149. The number of ether oxygens (including phenoxy) is 1. The molecule has 2 amide bonds. The van der Waals surface area contributed by atoms with Gasteiger partial charge < -0.3 is 15.0 Å². The van der Waals surface area contributed by atoms with Gasteiger partial charge in [0.1, 0.15) is 9.84 Å². The SMILES string of the molecule is CS(=O)(=O)CCNC(=O)N1CCC[C@H]2COC[C@H]21. The van der Waals surface area contributed by atoms with Crippen LogP contribution < -0.4 is 5.32 Å². The minimum Gasteiger partial charge on any atom is -0.379 e. The van der Waals surface area contributed by atoms with E-state index in [1.807, 2.05) is 0 Å². The van der Waals surface area contributed by atoms with Gasteiger partial charge in [-0.05, 0) is 12.8 Å². The van der Waals surface area contributed by atoms with Crippen LogP contribution in [0.2, 0.25) is 0 Å². The van der Waals surface area contributed by atoms with Gasteiger partial charge in [-0.2, -0.15) is 0 Å². The highest BCUT2D eigenvalue weighted by molar-refractivity contribution is 7.90. The first-order valence-electron chi connectivity index (χ1n) is 6.27. The Morgan fingerprint density at radius 3 is 2.94 bits per heavy atom. The largest absolute Gasteiger partial charge is 0.379 e. The number of hydrogen-bond donors (Lipinski definition) is 1. The second-order valence-corrected chi connectivity index (χ2v) is 7.32. The number of nitrogens with one attached hydrogen (secondary N) is 1. The number of carbonyl (C=O) groups excluding carboxylic acids is 1. The highest BCUT2D eigenvalue weighted by Gasteiger charge is 2.38. The zero-order valence-electron chi connectivity index (χ0n) is 10.6. The van der Waals surface area contributed by atoms with E-state index >= 15 is 0 Å². The molecule has 0 aliphatic carbocycles. The van der Waals surface area contributed by atoms with Gasteiger partial charge in [0.2, 0.25) is 0 Å². The van der Waals surface area contributed by atoms with Gasteiger partial charge in [0.25, 0.3) is 0 Å². The van der Waals surface area contributed by atoms with Crippen LogP contribution in [0.4, 0.5) is 4.79 Å². The summed E-state index contributed by atoms with van der Waals surface area (Å²) in [5.74, 6) is 0.427. The summed E-state index contributed by atoms with van der Waals surface area (Å²) >= 11 is 0. The lowest BCUT2D eigenvalue weighted by molar-refractivity contribution is 0.131. The van der Waals surface area contributed by atoms with Gasteiger partial charge in [-0.1, -0.05) is 0 Å². The highest BCUT2D eigenvalue weighted by Crippen LogP contribution is 2.28. The summed E-state index contributed by atoms with van der Waals surface area (Å²) in [6, 6.07) is -0.00386. The number of rotatable bonds is 3. The number of urea groups is 1. The normalized spacial score (nSPS) is 27.9. The molecule has 2 aliphatic rings. The van der Waals surface area contributed by atoms with Crippen molar-refractivity contribution >= 4 is 15.9 Å². The first-order chi connectivity index (χ1) is 8.47. The topological polar surface area (TPSA) is 75.7 Å². The maximum atomic E-state index is 12.0. The van der Waals surface area contributed by atoms with Gasteiger partial charge in [-0.3, -0.25) is 0 Å². The second-order valence-electron chi connectivity index (χ2n) is 5.06. The van der Waals surface area contributed by atoms with Crippen LogP contribution in [-0.4, -0.2) is 63.7 Å². The number of fused-ring (bicyclic) bond motifs is 1. The summed E-state index contributed by atoms with van der Waals surface area (Å²) in [4.78, 5) is 13.8. The fourth-order valence-electron chi connectivity index (χ4n) is 2.59. The van der Waals surface area contributed by atoms with Crippen molar-refractivity contribution in [1.29, 1.82) is 0 Å². The lowest BCUT2D eigenvalue weighted by Gasteiger charge is -2.36. The van der Waals surface area contributed by atoms with Crippen molar-refractivity contribution in [2.45, 2.75) is 18.9 Å². The Morgan fingerprint density at radius 1 is 1.44 bits per heavy atom. The Labute approximate surface area is 108 Å². The molecular weight excluding hydrogens is 256 g/mol. The molecule has 0 spiro atoms. The summed E-state index contributed by atoms with van der Waals surface area (Å²) in [6.07, 6.45) is 3.27. The maximum Gasteiger partial charge on any atom is 0.317 e. The first-order valence-corrected chi connectivity index (χ1v) is 8.33. The van der Waals surface area contributed by atoms with Gasteiger partial charge in [-0.25, -0.2) is 13.2 Å². The number of nitrogens with zero attached hydrogens (tertiary/aromatic N) is 1. The van der Waals surface area contributed by atoms with Crippen LogP contribution in [0, 0.1) is 5.92 Å². The lowest BCUT2D eigenvalue weighted by atomic mass is 9.92. The third kappa shape index (κ3) is 3.35. The Hall–Kier alpha value is -0.820. The van der Waals surface area contributed by atoms with E-state index in [9.17, 15) is 13.2 Å². The second kappa shape index (κ2) is 5.44. The van der Waals surface area contributed by atoms with Crippen molar-refractivity contribution in [3.8, 4) is 0 Å². The zero-order chi connectivity index (χ0) is 13.2. The molecule has 104 valence electrons. The van der Waals surface area contributed by atoms with E-state index in [0.717, 1.165) is 26.0 Å². The van der Waals surface area contributed by atoms with E-state index in [-0.39, 0.29) is 24.4 Å². The molecule has 2 atom stereocenters. The van der Waals surface area contributed by atoms with Crippen molar-refractivity contribution in [3.63, 3.8) is 0 Å². The van der Waals surface area contributed by atoms with Crippen LogP contribution in [0.5, 0.6) is 0 Å². The molecular formula is C11H20N2O4S. The Balaban J connectivity index is 1.84. The molecule has 0 aromatic rings. The molecule has 0 bridgehead atoms. The van der Waals surface area contributed by atoms with Crippen molar-refractivity contribution in [2.75, 3.05) is 38.3 Å². The summed E-state index contributed by atoms with van der Waals surface area (Å²) < 4.78 is 27.4. The average Bonchev–Trinajstić information content (AvgIpc) is 2.74. The van der Waals surface area contributed by atoms with Crippen LogP contribution in [0.15, 0.2) is 0 Å². The quantitative estimate of drug-likeness (QED) is 0.778. The van der Waals surface area contributed by atoms with Crippen LogP contribution in [0.3, 0.4) is 0 Å². The predicted molar refractivity (Wildman–Crippen MR) is 67.1 cm³/mol. The van der Waals surface area contributed by atoms with Crippen molar-refractivity contribution < 1.29 is 17.9 Å². The molecule has 2 fully saturated rings. The molecule has 0 unspecified atom stereocenters. The molecule has 7 heteroatoms. The number of hydrogen-bond acceptors (Lipinski definition) is 4. The van der Waals surface area contributed by atoms with Crippen molar-refractivity contribution in [2.24, 2.45) is 5.92 Å². The van der Waals surface area contributed by atoms with Crippen LogP contribution in [0.25, 0.3) is 0 Å². The van der Waals surface area contributed by atoms with Crippen molar-refractivity contribution in [3.05, 3.63) is 0 Å². The summed E-state index contributed by atoms with van der Waals surface area (Å²) in [7, 11) is -3.03. The van der Waals surface area contributed by atoms with Gasteiger partial charge in [-0.15, -0.1) is 0 Å². The number of carbonyl (C=O) groups is 1. The fourth-order valence-corrected chi connectivity index (χ4v) is 3.07. The smallest absolute Gasteiger partial charge is 0.317 e. The van der Waals surface area contributed by atoms with Crippen molar-refractivity contribution in [1.82, 2.24) is 10.2 Å². The molecule has 2 rings (SSSR count). The molecule has 2 aliphatic heterocycles. The van der Waals surface area contributed by atoms with E-state index < -0.39 is 9.84 Å².